The molecule has 0 aliphatic rings. The van der Waals surface area contributed by atoms with Gasteiger partial charge < -0.3 is 10.2 Å². The smallest absolute Gasteiger partial charge is 0.228 e. The molecule has 0 aliphatic carbocycles. The van der Waals surface area contributed by atoms with Gasteiger partial charge in [-0.15, -0.1) is 0 Å². The zero-order valence-electron chi connectivity index (χ0n) is 19.1. The van der Waals surface area contributed by atoms with E-state index in [1.807, 2.05) is 43.3 Å². The van der Waals surface area contributed by atoms with Crippen molar-refractivity contribution in [1.29, 1.82) is 0 Å². The summed E-state index contributed by atoms with van der Waals surface area (Å²) in [5.74, 6) is -0.295. The number of hydrogen-bond acceptors (Lipinski definition) is 5. The highest BCUT2D eigenvalue weighted by Gasteiger charge is 2.18. The number of aromatic nitrogens is 2. The minimum atomic E-state index is -3.56. The first-order valence-electron chi connectivity index (χ1n) is 10.6. The Bertz CT molecular complexity index is 1480. The van der Waals surface area contributed by atoms with Gasteiger partial charge in [-0.05, 0) is 41.5 Å². The highest BCUT2D eigenvalue weighted by atomic mass is 35.5. The number of rotatable bonds is 7. The zero-order chi connectivity index (χ0) is 24.5. The van der Waals surface area contributed by atoms with E-state index in [0.717, 1.165) is 17.5 Å². The summed E-state index contributed by atoms with van der Waals surface area (Å²) in [6, 6.07) is 18.4. The van der Waals surface area contributed by atoms with Crippen LogP contribution in [-0.2, 0) is 27.6 Å². The van der Waals surface area contributed by atoms with Crippen molar-refractivity contribution in [3.8, 4) is 0 Å². The van der Waals surface area contributed by atoms with Crippen molar-refractivity contribution < 1.29 is 13.2 Å². The Labute approximate surface area is 203 Å². The van der Waals surface area contributed by atoms with Crippen LogP contribution in [0.15, 0.2) is 71.8 Å². The molecule has 4 rings (SSSR count). The van der Waals surface area contributed by atoms with E-state index in [2.05, 4.69) is 16.5 Å². The molecule has 7 nitrogen and oxygen atoms in total. The number of halogens is 1. The summed E-state index contributed by atoms with van der Waals surface area (Å²) < 4.78 is 26.8. The van der Waals surface area contributed by atoms with Gasteiger partial charge in [0.25, 0.3) is 0 Å². The first kappa shape index (κ1) is 23.8. The van der Waals surface area contributed by atoms with Crippen LogP contribution in [0.4, 0.5) is 11.4 Å². The lowest BCUT2D eigenvalue weighted by Crippen LogP contribution is -2.15. The monoisotopic (exact) mass is 496 g/mol. The van der Waals surface area contributed by atoms with Crippen LogP contribution in [0, 0.1) is 0 Å². The van der Waals surface area contributed by atoms with E-state index in [-0.39, 0.29) is 17.2 Å². The van der Waals surface area contributed by atoms with Crippen LogP contribution < -0.4 is 10.2 Å². The summed E-state index contributed by atoms with van der Waals surface area (Å²) >= 11 is 6.17. The Kier molecular flexibility index (Phi) is 6.63. The first-order chi connectivity index (χ1) is 16.1. The lowest BCUT2D eigenvalue weighted by atomic mass is 10.1. The first-order valence-corrected chi connectivity index (χ1v) is 12.9. The number of fused-ring (bicyclic) bond motifs is 1. The summed E-state index contributed by atoms with van der Waals surface area (Å²) in [5, 5.41) is 8.28. The van der Waals surface area contributed by atoms with Crippen LogP contribution in [0.3, 0.4) is 0 Å². The number of amides is 1. The lowest BCUT2D eigenvalue weighted by Gasteiger charge is -2.14. The third-order valence-electron chi connectivity index (χ3n) is 5.48. The molecule has 0 saturated heterocycles. The number of sulfone groups is 1. The van der Waals surface area contributed by atoms with Crippen LogP contribution >= 0.6 is 11.6 Å². The number of anilines is 2. The van der Waals surface area contributed by atoms with Gasteiger partial charge in [-0.1, -0.05) is 41.9 Å². The van der Waals surface area contributed by atoms with Crippen molar-refractivity contribution in [2.45, 2.75) is 17.9 Å². The number of hydrogen-bond donors (Lipinski definition) is 1. The van der Waals surface area contributed by atoms with Crippen molar-refractivity contribution >= 4 is 49.6 Å². The molecule has 4 aromatic rings. The molecule has 0 fully saturated rings. The van der Waals surface area contributed by atoms with E-state index >= 15 is 0 Å². The van der Waals surface area contributed by atoms with Crippen molar-refractivity contribution in [1.82, 2.24) is 9.78 Å². The van der Waals surface area contributed by atoms with Crippen LogP contribution in [0.5, 0.6) is 0 Å². The molecule has 3 aromatic carbocycles. The molecule has 1 aromatic heterocycles. The fraction of sp³-hybridized carbons (Fsp3) is 0.200. The summed E-state index contributed by atoms with van der Waals surface area (Å²) in [5.41, 5.74) is 3.76. The lowest BCUT2D eigenvalue weighted by molar-refractivity contribution is -0.115. The van der Waals surface area contributed by atoms with E-state index in [1.165, 1.54) is 6.07 Å². The van der Waals surface area contributed by atoms with E-state index in [4.69, 9.17) is 11.6 Å². The largest absolute Gasteiger partial charge is 0.378 e. The Balaban J connectivity index is 1.70. The maximum atomic E-state index is 12.7. The van der Waals surface area contributed by atoms with Crippen LogP contribution in [0.1, 0.15) is 11.1 Å². The zero-order valence-corrected chi connectivity index (χ0v) is 20.7. The molecule has 0 bridgehead atoms. The normalized spacial score (nSPS) is 11.5. The van der Waals surface area contributed by atoms with E-state index < -0.39 is 9.84 Å². The molecule has 0 saturated carbocycles. The number of nitrogens with zero attached hydrogens (tertiary/aromatic N) is 3. The minimum absolute atomic E-state index is 0.0719. The standard InChI is InChI=1S/C25H25ClN4O3S/c1-29(2)20-9-6-7-17(11-20)16-30-23-13-19(14-24(34(3,32)33)21(23)15-27-30)28-25(31)12-18-8-4-5-10-22(18)26/h4-11,13-15H,12,16H2,1-3H3,(H,28,31). The molecule has 0 aliphatic heterocycles. The maximum absolute atomic E-state index is 12.7. The van der Waals surface area contributed by atoms with Crippen molar-refractivity contribution in [3.63, 3.8) is 0 Å². The van der Waals surface area contributed by atoms with E-state index in [0.29, 0.717) is 33.7 Å². The van der Waals surface area contributed by atoms with E-state index in [1.54, 1.807) is 35.1 Å². The second-order valence-corrected chi connectivity index (χ2v) is 10.8. The molecular weight excluding hydrogens is 472 g/mol. The van der Waals surface area contributed by atoms with Crippen molar-refractivity contribution in [2.24, 2.45) is 0 Å². The minimum Gasteiger partial charge on any atom is -0.378 e. The second-order valence-electron chi connectivity index (χ2n) is 8.36. The van der Waals surface area contributed by atoms with Crippen LogP contribution in [0.2, 0.25) is 5.02 Å². The van der Waals surface area contributed by atoms with Crippen molar-refractivity contribution in [3.05, 3.63) is 83.0 Å². The van der Waals surface area contributed by atoms with Gasteiger partial charge in [0.15, 0.2) is 9.84 Å². The summed E-state index contributed by atoms with van der Waals surface area (Å²) in [4.78, 5) is 14.8. The molecule has 0 unspecified atom stereocenters. The van der Waals surface area contributed by atoms with E-state index in [9.17, 15) is 13.2 Å². The van der Waals surface area contributed by atoms with Crippen LogP contribution in [0.25, 0.3) is 10.9 Å². The SMILES string of the molecule is CN(C)c1cccc(Cn2ncc3c(S(C)(=O)=O)cc(NC(=O)Cc4ccccc4Cl)cc32)c1. The Hall–Kier alpha value is -3.36. The van der Waals surface area contributed by atoms with Gasteiger partial charge in [-0.25, -0.2) is 8.42 Å². The molecule has 34 heavy (non-hydrogen) atoms. The molecule has 9 heteroatoms. The van der Waals surface area contributed by atoms with Crippen LogP contribution in [-0.4, -0.2) is 44.5 Å². The van der Waals surface area contributed by atoms with Gasteiger partial charge in [0.2, 0.25) is 5.91 Å². The summed E-state index contributed by atoms with van der Waals surface area (Å²) in [6.07, 6.45) is 2.77. The number of carbonyl (C=O) groups is 1. The van der Waals surface area contributed by atoms with Gasteiger partial charge in [0, 0.05) is 42.1 Å². The van der Waals surface area contributed by atoms with Gasteiger partial charge in [-0.2, -0.15) is 5.10 Å². The number of nitrogens with one attached hydrogen (secondary N) is 1. The number of benzene rings is 3. The average Bonchev–Trinajstić information content (AvgIpc) is 3.16. The molecule has 0 atom stereocenters. The molecule has 1 N–H and O–H groups in total. The average molecular weight is 497 g/mol. The maximum Gasteiger partial charge on any atom is 0.228 e. The summed E-state index contributed by atoms with van der Waals surface area (Å²) in [6.45, 7) is 0.450. The molecule has 0 radical (unpaired) electrons. The molecule has 0 spiro atoms. The topological polar surface area (TPSA) is 84.3 Å². The Morgan fingerprint density at radius 2 is 1.85 bits per heavy atom. The quantitative estimate of drug-likeness (QED) is 0.410. The number of carbonyl (C=O) groups excluding carboxylic acids is 1. The third-order valence-corrected chi connectivity index (χ3v) is 6.98. The van der Waals surface area contributed by atoms with Gasteiger partial charge in [0.1, 0.15) is 0 Å². The molecule has 176 valence electrons. The fourth-order valence-electron chi connectivity index (χ4n) is 3.78. The molecular formula is C25H25ClN4O3S. The summed E-state index contributed by atoms with van der Waals surface area (Å²) in [7, 11) is 0.378. The highest BCUT2D eigenvalue weighted by molar-refractivity contribution is 7.91. The van der Waals surface area contributed by atoms with Crippen molar-refractivity contribution in [2.75, 3.05) is 30.6 Å². The Morgan fingerprint density at radius 3 is 2.56 bits per heavy atom. The second kappa shape index (κ2) is 9.48. The highest BCUT2D eigenvalue weighted by Crippen LogP contribution is 2.29. The predicted octanol–water partition coefficient (Wildman–Crippen LogP) is 4.39. The molecule has 1 heterocycles. The Morgan fingerprint density at radius 1 is 1.09 bits per heavy atom. The van der Waals surface area contributed by atoms with Gasteiger partial charge >= 0.3 is 0 Å². The molecule has 1 amide bonds. The predicted molar refractivity (Wildman–Crippen MR) is 136 cm³/mol. The fourth-order valence-corrected chi connectivity index (χ4v) is 4.88. The third kappa shape index (κ3) is 5.24. The van der Waals surface area contributed by atoms with Gasteiger partial charge in [0.05, 0.1) is 29.6 Å². The van der Waals surface area contributed by atoms with Gasteiger partial charge in [-0.3, -0.25) is 9.48 Å².